The molecule has 1 aromatic carbocycles. The number of hydrogen-bond donors (Lipinski definition) is 2. The van der Waals surface area contributed by atoms with Crippen molar-refractivity contribution in [2.75, 3.05) is 5.32 Å². The Morgan fingerprint density at radius 3 is 2.78 bits per heavy atom. The first-order chi connectivity index (χ1) is 8.65. The molecule has 0 spiro atoms. The van der Waals surface area contributed by atoms with Crippen molar-refractivity contribution >= 4 is 11.7 Å². The maximum absolute atomic E-state index is 13.8. The van der Waals surface area contributed by atoms with E-state index in [0.717, 1.165) is 12.3 Å². The van der Waals surface area contributed by atoms with E-state index in [0.29, 0.717) is 5.92 Å². The molecule has 0 aliphatic heterocycles. The van der Waals surface area contributed by atoms with E-state index in [1.807, 2.05) is 0 Å². The van der Waals surface area contributed by atoms with Crippen LogP contribution in [0.1, 0.15) is 36.0 Å². The summed E-state index contributed by atoms with van der Waals surface area (Å²) in [6, 6.07) is 4.42. The van der Waals surface area contributed by atoms with E-state index in [9.17, 15) is 9.18 Å². The average molecular weight is 249 g/mol. The fraction of sp³-hybridized carbons (Fsp3) is 0.500. The SMILES string of the molecule is O=C(O)c1cccc(F)c1NC1CC2CCC1C2. The van der Waals surface area contributed by atoms with Crippen LogP contribution in [0.4, 0.5) is 10.1 Å². The molecule has 3 unspecified atom stereocenters. The highest BCUT2D eigenvalue weighted by Gasteiger charge is 2.40. The van der Waals surface area contributed by atoms with Crippen LogP contribution < -0.4 is 5.32 Å². The first kappa shape index (κ1) is 11.5. The van der Waals surface area contributed by atoms with Crippen LogP contribution in [-0.4, -0.2) is 17.1 Å². The molecule has 0 aromatic heterocycles. The molecule has 2 aliphatic carbocycles. The van der Waals surface area contributed by atoms with Gasteiger partial charge in [0, 0.05) is 6.04 Å². The fourth-order valence-corrected chi connectivity index (χ4v) is 3.46. The molecule has 3 atom stereocenters. The number of nitrogens with one attached hydrogen (secondary N) is 1. The minimum absolute atomic E-state index is 0.0257. The predicted octanol–water partition coefficient (Wildman–Crippen LogP) is 3.12. The highest BCUT2D eigenvalue weighted by atomic mass is 19.1. The van der Waals surface area contributed by atoms with Gasteiger partial charge in [0.1, 0.15) is 5.82 Å². The lowest BCUT2D eigenvalue weighted by Crippen LogP contribution is -2.27. The van der Waals surface area contributed by atoms with Crippen molar-refractivity contribution in [3.8, 4) is 0 Å². The summed E-state index contributed by atoms with van der Waals surface area (Å²) in [5, 5.41) is 12.2. The lowest BCUT2D eigenvalue weighted by Gasteiger charge is -2.25. The van der Waals surface area contributed by atoms with E-state index >= 15 is 0 Å². The Hall–Kier alpha value is -1.58. The number of para-hydroxylation sites is 1. The number of aromatic carboxylic acids is 1. The zero-order valence-corrected chi connectivity index (χ0v) is 10.0. The van der Waals surface area contributed by atoms with Crippen molar-refractivity contribution in [1.82, 2.24) is 0 Å². The van der Waals surface area contributed by atoms with Crippen LogP contribution in [0.15, 0.2) is 18.2 Å². The second kappa shape index (κ2) is 4.26. The molecule has 0 amide bonds. The van der Waals surface area contributed by atoms with Gasteiger partial charge in [-0.05, 0) is 43.2 Å². The molecule has 96 valence electrons. The molecule has 3 nitrogen and oxygen atoms in total. The molecule has 0 saturated heterocycles. The van der Waals surface area contributed by atoms with Crippen LogP contribution >= 0.6 is 0 Å². The monoisotopic (exact) mass is 249 g/mol. The summed E-state index contributed by atoms with van der Waals surface area (Å²) >= 11 is 0. The number of anilines is 1. The quantitative estimate of drug-likeness (QED) is 0.865. The topological polar surface area (TPSA) is 49.3 Å². The molecule has 2 N–H and O–H groups in total. The minimum Gasteiger partial charge on any atom is -0.478 e. The average Bonchev–Trinajstić information content (AvgIpc) is 2.93. The molecule has 2 bridgehead atoms. The highest BCUT2D eigenvalue weighted by molar-refractivity contribution is 5.94. The molecule has 18 heavy (non-hydrogen) atoms. The first-order valence-corrected chi connectivity index (χ1v) is 6.43. The van der Waals surface area contributed by atoms with Crippen LogP contribution in [0.5, 0.6) is 0 Å². The van der Waals surface area contributed by atoms with Crippen LogP contribution in [0.3, 0.4) is 0 Å². The molecular formula is C14H16FNO2. The van der Waals surface area contributed by atoms with Gasteiger partial charge in [0.15, 0.2) is 0 Å². The zero-order chi connectivity index (χ0) is 12.7. The third-order valence-electron chi connectivity index (χ3n) is 4.31. The molecule has 1 aromatic rings. The van der Waals surface area contributed by atoms with E-state index in [2.05, 4.69) is 5.32 Å². The van der Waals surface area contributed by atoms with Gasteiger partial charge in [0.2, 0.25) is 0 Å². The van der Waals surface area contributed by atoms with Gasteiger partial charge in [0.05, 0.1) is 11.3 Å². The summed E-state index contributed by atoms with van der Waals surface area (Å²) in [6.07, 6.45) is 4.69. The largest absolute Gasteiger partial charge is 0.478 e. The van der Waals surface area contributed by atoms with E-state index in [1.54, 1.807) is 0 Å². The van der Waals surface area contributed by atoms with Crippen molar-refractivity contribution in [3.63, 3.8) is 0 Å². The zero-order valence-electron chi connectivity index (χ0n) is 10.0. The number of carboxylic acids is 1. The normalized spacial score (nSPS) is 29.5. The number of carboxylic acid groups (broad SMARTS) is 1. The molecule has 0 radical (unpaired) electrons. The number of halogens is 1. The van der Waals surface area contributed by atoms with Gasteiger partial charge in [0.25, 0.3) is 0 Å². The molecule has 0 heterocycles. The van der Waals surface area contributed by atoms with Crippen LogP contribution in [0.2, 0.25) is 0 Å². The van der Waals surface area contributed by atoms with Gasteiger partial charge < -0.3 is 10.4 Å². The Morgan fingerprint density at radius 1 is 1.33 bits per heavy atom. The summed E-state index contributed by atoms with van der Waals surface area (Å²) < 4.78 is 13.8. The second-order valence-electron chi connectivity index (χ2n) is 5.39. The first-order valence-electron chi connectivity index (χ1n) is 6.43. The number of fused-ring (bicyclic) bond motifs is 2. The van der Waals surface area contributed by atoms with Crippen LogP contribution in [-0.2, 0) is 0 Å². The summed E-state index contributed by atoms with van der Waals surface area (Å²) in [6.45, 7) is 0. The van der Waals surface area contributed by atoms with E-state index in [1.165, 1.54) is 37.5 Å². The summed E-state index contributed by atoms with van der Waals surface area (Å²) in [5.74, 6) is -0.235. The van der Waals surface area contributed by atoms with E-state index < -0.39 is 11.8 Å². The van der Waals surface area contributed by atoms with E-state index in [-0.39, 0.29) is 17.3 Å². The lowest BCUT2D eigenvalue weighted by atomic mass is 9.95. The van der Waals surface area contributed by atoms with Gasteiger partial charge >= 0.3 is 5.97 Å². The maximum Gasteiger partial charge on any atom is 0.337 e. The standard InChI is InChI=1S/C14H16FNO2/c15-11-3-1-2-10(14(17)18)13(11)16-12-7-8-4-5-9(12)6-8/h1-3,8-9,12,16H,4-7H2,(H,17,18). The smallest absolute Gasteiger partial charge is 0.337 e. The Labute approximate surface area is 105 Å². The van der Waals surface area contributed by atoms with Crippen molar-refractivity contribution in [3.05, 3.63) is 29.6 Å². The summed E-state index contributed by atoms with van der Waals surface area (Å²) in [4.78, 5) is 11.1. The highest BCUT2D eigenvalue weighted by Crippen LogP contribution is 2.45. The van der Waals surface area contributed by atoms with Crippen molar-refractivity contribution in [2.45, 2.75) is 31.7 Å². The fourth-order valence-electron chi connectivity index (χ4n) is 3.46. The summed E-state index contributed by atoms with van der Waals surface area (Å²) in [7, 11) is 0. The van der Waals surface area contributed by atoms with Gasteiger partial charge in [-0.2, -0.15) is 0 Å². The van der Waals surface area contributed by atoms with Crippen LogP contribution in [0, 0.1) is 17.7 Å². The van der Waals surface area contributed by atoms with Gasteiger partial charge in [-0.1, -0.05) is 12.5 Å². The van der Waals surface area contributed by atoms with Gasteiger partial charge in [-0.3, -0.25) is 0 Å². The predicted molar refractivity (Wildman–Crippen MR) is 66.2 cm³/mol. The number of benzene rings is 1. The minimum atomic E-state index is -1.08. The third-order valence-corrected chi connectivity index (χ3v) is 4.31. The molecule has 2 fully saturated rings. The van der Waals surface area contributed by atoms with Crippen molar-refractivity contribution in [1.29, 1.82) is 0 Å². The van der Waals surface area contributed by atoms with E-state index in [4.69, 9.17) is 5.11 Å². The van der Waals surface area contributed by atoms with Crippen LogP contribution in [0.25, 0.3) is 0 Å². The lowest BCUT2D eigenvalue weighted by molar-refractivity contribution is 0.0697. The molecule has 3 rings (SSSR count). The number of hydrogen-bond acceptors (Lipinski definition) is 2. The van der Waals surface area contributed by atoms with Crippen molar-refractivity contribution < 1.29 is 14.3 Å². The molecule has 4 heteroatoms. The Bertz CT molecular complexity index is 489. The number of rotatable bonds is 3. The third kappa shape index (κ3) is 1.85. The maximum atomic E-state index is 13.8. The second-order valence-corrected chi connectivity index (χ2v) is 5.39. The molecule has 2 saturated carbocycles. The Morgan fingerprint density at radius 2 is 2.17 bits per heavy atom. The molecular weight excluding hydrogens is 233 g/mol. The number of carbonyl (C=O) groups is 1. The Balaban J connectivity index is 1.86. The van der Waals surface area contributed by atoms with Gasteiger partial charge in [-0.15, -0.1) is 0 Å². The molecule has 2 aliphatic rings. The summed E-state index contributed by atoms with van der Waals surface area (Å²) in [5.41, 5.74) is 0.181. The van der Waals surface area contributed by atoms with Gasteiger partial charge in [-0.25, -0.2) is 9.18 Å². The van der Waals surface area contributed by atoms with Crippen molar-refractivity contribution in [2.24, 2.45) is 11.8 Å². The Kier molecular flexibility index (Phi) is 2.73.